The number of anilines is 2. The standard InChI is InChI=1S/C22H18FN3O3S2/c1-2-11-25-21(29)19(31-22(25)30)18-13-7-3-6-10-16(13)26(20(18)28)12-17(27)24-15-9-5-4-8-14(15)23/h3-10H,2,11-12H2,1H3,(H,24,27). The van der Waals surface area contributed by atoms with Crippen LogP contribution in [0.4, 0.5) is 15.8 Å². The zero-order chi connectivity index (χ0) is 22.1. The largest absolute Gasteiger partial charge is 0.322 e. The van der Waals surface area contributed by atoms with E-state index in [0.29, 0.717) is 22.1 Å². The highest BCUT2D eigenvalue weighted by molar-refractivity contribution is 8.26. The summed E-state index contributed by atoms with van der Waals surface area (Å²) in [5.74, 6) is -1.87. The van der Waals surface area contributed by atoms with Crippen molar-refractivity contribution in [3.05, 3.63) is 64.8 Å². The Morgan fingerprint density at radius 3 is 2.52 bits per heavy atom. The highest BCUT2D eigenvalue weighted by Crippen LogP contribution is 2.44. The Kier molecular flexibility index (Phi) is 5.88. The number of thiocarbonyl (C=S) groups is 1. The van der Waals surface area contributed by atoms with Crippen molar-refractivity contribution >= 4 is 63.0 Å². The van der Waals surface area contributed by atoms with E-state index >= 15 is 0 Å². The molecule has 0 aromatic heterocycles. The van der Waals surface area contributed by atoms with Crippen molar-refractivity contribution in [2.75, 3.05) is 23.3 Å². The fraction of sp³-hybridized carbons (Fsp3) is 0.182. The molecule has 0 aliphatic carbocycles. The first kappa shape index (κ1) is 21.2. The van der Waals surface area contributed by atoms with Crippen molar-refractivity contribution < 1.29 is 18.8 Å². The van der Waals surface area contributed by atoms with Crippen LogP contribution < -0.4 is 10.2 Å². The van der Waals surface area contributed by atoms with Crippen molar-refractivity contribution in [2.45, 2.75) is 13.3 Å². The first-order valence-electron chi connectivity index (χ1n) is 9.66. The van der Waals surface area contributed by atoms with E-state index in [-0.39, 0.29) is 28.6 Å². The van der Waals surface area contributed by atoms with Crippen LogP contribution in [-0.4, -0.2) is 40.0 Å². The quantitative estimate of drug-likeness (QED) is 0.549. The molecule has 2 heterocycles. The molecule has 6 nitrogen and oxygen atoms in total. The zero-order valence-corrected chi connectivity index (χ0v) is 18.2. The summed E-state index contributed by atoms with van der Waals surface area (Å²) in [6.45, 7) is 2.10. The maximum Gasteiger partial charge on any atom is 0.267 e. The summed E-state index contributed by atoms with van der Waals surface area (Å²) in [6.07, 6.45) is 0.738. The monoisotopic (exact) mass is 455 g/mol. The summed E-state index contributed by atoms with van der Waals surface area (Å²) < 4.78 is 14.3. The van der Waals surface area contributed by atoms with Crippen molar-refractivity contribution in [2.24, 2.45) is 0 Å². The van der Waals surface area contributed by atoms with Crippen LogP contribution in [-0.2, 0) is 14.4 Å². The molecule has 2 aromatic carbocycles. The highest BCUT2D eigenvalue weighted by Gasteiger charge is 2.42. The Bertz CT molecular complexity index is 1150. The van der Waals surface area contributed by atoms with Gasteiger partial charge in [-0.1, -0.05) is 61.2 Å². The number of para-hydroxylation sites is 2. The lowest BCUT2D eigenvalue weighted by atomic mass is 10.1. The van der Waals surface area contributed by atoms with Gasteiger partial charge in [0.05, 0.1) is 21.9 Å². The van der Waals surface area contributed by atoms with Crippen LogP contribution in [0.2, 0.25) is 0 Å². The average molecular weight is 456 g/mol. The number of halogens is 1. The van der Waals surface area contributed by atoms with Crippen molar-refractivity contribution in [1.82, 2.24) is 4.90 Å². The summed E-state index contributed by atoms with van der Waals surface area (Å²) in [4.78, 5) is 41.9. The van der Waals surface area contributed by atoms with E-state index in [1.54, 1.807) is 30.3 Å². The van der Waals surface area contributed by atoms with Crippen molar-refractivity contribution in [1.29, 1.82) is 0 Å². The van der Waals surface area contributed by atoms with E-state index < -0.39 is 17.6 Å². The molecule has 1 saturated heterocycles. The Labute approximate surface area is 188 Å². The average Bonchev–Trinajstić information content (AvgIpc) is 3.18. The predicted molar refractivity (Wildman–Crippen MR) is 123 cm³/mol. The first-order chi connectivity index (χ1) is 14.9. The lowest BCUT2D eigenvalue weighted by Gasteiger charge is -2.17. The smallest absolute Gasteiger partial charge is 0.267 e. The molecule has 0 atom stereocenters. The SMILES string of the molecule is CCCN1C(=O)C(=C2C(=O)N(CC(=O)Nc3ccccc3F)c3ccccc32)SC1=S. The minimum absolute atomic E-state index is 0.0353. The van der Waals surface area contributed by atoms with Gasteiger partial charge in [0.1, 0.15) is 16.7 Å². The first-order valence-corrected chi connectivity index (χ1v) is 10.9. The number of benzene rings is 2. The number of nitrogens with one attached hydrogen (secondary N) is 1. The molecule has 2 aromatic rings. The van der Waals surface area contributed by atoms with Crippen LogP contribution >= 0.6 is 24.0 Å². The van der Waals surface area contributed by atoms with Crippen LogP contribution in [0.25, 0.3) is 5.57 Å². The molecule has 0 saturated carbocycles. The van der Waals surface area contributed by atoms with Gasteiger partial charge in [-0.15, -0.1) is 0 Å². The van der Waals surface area contributed by atoms with Gasteiger partial charge in [0.2, 0.25) is 5.91 Å². The Morgan fingerprint density at radius 1 is 1.06 bits per heavy atom. The number of hydrogen-bond acceptors (Lipinski definition) is 5. The number of carbonyl (C=O) groups is 3. The molecule has 4 rings (SSSR count). The highest BCUT2D eigenvalue weighted by atomic mass is 32.2. The van der Waals surface area contributed by atoms with Gasteiger partial charge in [-0.25, -0.2) is 4.39 Å². The van der Waals surface area contributed by atoms with Gasteiger partial charge in [-0.05, 0) is 24.6 Å². The third kappa shape index (κ3) is 3.86. The maximum atomic E-state index is 13.9. The second-order valence-corrected chi connectivity index (χ2v) is 8.61. The Morgan fingerprint density at radius 2 is 1.77 bits per heavy atom. The van der Waals surface area contributed by atoms with Crippen LogP contribution in [0.1, 0.15) is 18.9 Å². The normalized spacial score (nSPS) is 18.1. The van der Waals surface area contributed by atoms with E-state index in [0.717, 1.165) is 18.2 Å². The van der Waals surface area contributed by atoms with Gasteiger partial charge < -0.3 is 5.32 Å². The van der Waals surface area contributed by atoms with E-state index in [4.69, 9.17) is 12.2 Å². The Hall–Kier alpha value is -3.04. The zero-order valence-electron chi connectivity index (χ0n) is 16.6. The number of hydrogen-bond donors (Lipinski definition) is 1. The van der Waals surface area contributed by atoms with Gasteiger partial charge in [0, 0.05) is 12.1 Å². The molecule has 9 heteroatoms. The molecule has 31 heavy (non-hydrogen) atoms. The minimum atomic E-state index is -0.565. The molecule has 0 unspecified atom stereocenters. The maximum absolute atomic E-state index is 13.9. The lowest BCUT2D eigenvalue weighted by molar-refractivity contribution is -0.122. The third-order valence-electron chi connectivity index (χ3n) is 4.90. The molecule has 0 spiro atoms. The topological polar surface area (TPSA) is 69.7 Å². The minimum Gasteiger partial charge on any atom is -0.322 e. The van der Waals surface area contributed by atoms with Crippen molar-refractivity contribution in [3.63, 3.8) is 0 Å². The number of nitrogens with zero attached hydrogens (tertiary/aromatic N) is 2. The van der Waals surface area contributed by atoms with Crippen LogP contribution in [0.5, 0.6) is 0 Å². The summed E-state index contributed by atoms with van der Waals surface area (Å²) in [5, 5.41) is 2.49. The summed E-state index contributed by atoms with van der Waals surface area (Å²) in [6, 6.07) is 12.8. The molecule has 1 fully saturated rings. The lowest BCUT2D eigenvalue weighted by Crippen LogP contribution is -2.35. The fourth-order valence-corrected chi connectivity index (χ4v) is 4.90. The van der Waals surface area contributed by atoms with Gasteiger partial charge in [-0.3, -0.25) is 24.2 Å². The number of carbonyl (C=O) groups excluding carboxylic acids is 3. The fourth-order valence-electron chi connectivity index (χ4n) is 3.52. The van der Waals surface area contributed by atoms with E-state index in [1.165, 1.54) is 28.0 Å². The van der Waals surface area contributed by atoms with Crippen molar-refractivity contribution in [3.8, 4) is 0 Å². The number of rotatable bonds is 5. The molecule has 2 aliphatic rings. The van der Waals surface area contributed by atoms with Gasteiger partial charge in [0.25, 0.3) is 11.8 Å². The summed E-state index contributed by atoms with van der Waals surface area (Å²) in [5.41, 5.74) is 1.37. The second-order valence-electron chi connectivity index (χ2n) is 6.97. The van der Waals surface area contributed by atoms with Crippen LogP contribution in [0.15, 0.2) is 53.4 Å². The molecule has 1 N–H and O–H groups in total. The van der Waals surface area contributed by atoms with Crippen LogP contribution in [0.3, 0.4) is 0 Å². The third-order valence-corrected chi connectivity index (χ3v) is 6.34. The molecular formula is C22H18FN3O3S2. The number of amides is 3. The van der Waals surface area contributed by atoms with Gasteiger partial charge >= 0.3 is 0 Å². The molecule has 158 valence electrons. The molecule has 2 aliphatic heterocycles. The summed E-state index contributed by atoms with van der Waals surface area (Å²) >= 11 is 6.43. The second kappa shape index (κ2) is 8.60. The van der Waals surface area contributed by atoms with Gasteiger partial charge in [0.15, 0.2) is 0 Å². The Balaban J connectivity index is 1.66. The van der Waals surface area contributed by atoms with Gasteiger partial charge in [-0.2, -0.15) is 0 Å². The molecule has 0 radical (unpaired) electrons. The molecular weight excluding hydrogens is 437 g/mol. The van der Waals surface area contributed by atoms with E-state index in [1.807, 2.05) is 6.92 Å². The van der Waals surface area contributed by atoms with E-state index in [2.05, 4.69) is 5.32 Å². The molecule has 3 amide bonds. The van der Waals surface area contributed by atoms with Crippen LogP contribution in [0, 0.1) is 5.82 Å². The predicted octanol–water partition coefficient (Wildman–Crippen LogP) is 3.79. The number of thioether (sulfide) groups is 1. The number of fused-ring (bicyclic) bond motifs is 1. The van der Waals surface area contributed by atoms with E-state index in [9.17, 15) is 18.8 Å². The summed E-state index contributed by atoms with van der Waals surface area (Å²) in [7, 11) is 0. The molecule has 0 bridgehead atoms.